The van der Waals surface area contributed by atoms with Crippen LogP contribution in [0.15, 0.2) is 42.9 Å². The molecule has 1 amide bonds. The van der Waals surface area contributed by atoms with Crippen LogP contribution in [-0.4, -0.2) is 20.3 Å². The highest BCUT2D eigenvalue weighted by molar-refractivity contribution is 5.90. The number of carbonyl (C=O) groups excluding carboxylic acids is 1. The first-order valence-electron chi connectivity index (χ1n) is 6.17. The monoisotopic (exact) mass is 306 g/mol. The molecule has 0 saturated heterocycles. The topological polar surface area (TPSA) is 73.3 Å². The van der Waals surface area contributed by atoms with E-state index < -0.39 is 17.6 Å². The first kappa shape index (κ1) is 14.1. The van der Waals surface area contributed by atoms with Crippen molar-refractivity contribution < 1.29 is 18.0 Å². The average Bonchev–Trinajstić information content (AvgIpc) is 2.89. The third-order valence-corrected chi connectivity index (χ3v) is 3.10. The molecular weight excluding hydrogens is 297 g/mol. The summed E-state index contributed by atoms with van der Waals surface area (Å²) in [6, 6.07) is 4.67. The van der Waals surface area contributed by atoms with Gasteiger partial charge in [0.25, 0.3) is 5.91 Å². The Balaban J connectivity index is 2.01. The van der Waals surface area contributed by atoms with Crippen LogP contribution in [0.5, 0.6) is 0 Å². The molecule has 2 aromatic heterocycles. The Bertz CT molecular complexity index is 853. The third-order valence-electron chi connectivity index (χ3n) is 3.10. The number of hydrogen-bond acceptors (Lipinski definition) is 3. The van der Waals surface area contributed by atoms with Gasteiger partial charge in [-0.15, -0.1) is 0 Å². The van der Waals surface area contributed by atoms with Gasteiger partial charge in [0.2, 0.25) is 0 Å². The molecule has 5 nitrogen and oxygen atoms in total. The quantitative estimate of drug-likeness (QED) is 0.790. The number of halogens is 3. The van der Waals surface area contributed by atoms with Gasteiger partial charge < -0.3 is 10.1 Å². The molecule has 2 heterocycles. The summed E-state index contributed by atoms with van der Waals surface area (Å²) in [6.45, 7) is 0. The second-order valence-electron chi connectivity index (χ2n) is 4.60. The largest absolute Gasteiger partial charge is 0.416 e. The summed E-state index contributed by atoms with van der Waals surface area (Å²) < 4.78 is 39.2. The molecule has 0 unspecified atom stereocenters. The number of benzene rings is 1. The number of nitrogens with two attached hydrogens (primary N) is 1. The molecule has 0 fully saturated rings. The molecule has 112 valence electrons. The SMILES string of the molecule is NC(=O)c1cn2cc(-c3ccc(C(F)(F)F)cc3)nc2cn1. The lowest BCUT2D eigenvalue weighted by Gasteiger charge is -2.06. The second-order valence-corrected chi connectivity index (χ2v) is 4.60. The van der Waals surface area contributed by atoms with Crippen molar-refractivity contribution in [2.24, 2.45) is 5.73 Å². The number of hydrogen-bond donors (Lipinski definition) is 1. The molecular formula is C14H9F3N4O. The number of aromatic nitrogens is 3. The summed E-state index contributed by atoms with van der Waals surface area (Å²) in [7, 11) is 0. The molecule has 0 aliphatic heterocycles. The van der Waals surface area contributed by atoms with Gasteiger partial charge in [-0.2, -0.15) is 13.2 Å². The Kier molecular flexibility index (Phi) is 3.09. The van der Waals surface area contributed by atoms with Gasteiger partial charge in [0, 0.05) is 18.0 Å². The molecule has 0 saturated carbocycles. The minimum Gasteiger partial charge on any atom is -0.364 e. The summed E-state index contributed by atoms with van der Waals surface area (Å²) >= 11 is 0. The molecule has 0 bridgehead atoms. The zero-order valence-corrected chi connectivity index (χ0v) is 11.0. The first-order valence-corrected chi connectivity index (χ1v) is 6.17. The zero-order chi connectivity index (χ0) is 15.9. The number of alkyl halides is 3. The van der Waals surface area contributed by atoms with E-state index in [1.807, 2.05) is 0 Å². The van der Waals surface area contributed by atoms with E-state index in [2.05, 4.69) is 9.97 Å². The molecule has 1 aromatic carbocycles. The Hall–Kier alpha value is -2.90. The predicted molar refractivity (Wildman–Crippen MR) is 71.9 cm³/mol. The standard InChI is InChI=1S/C14H9F3N4O/c15-14(16,17)9-3-1-8(2-4-9)10-6-21-7-11(13(18)22)19-5-12(21)20-10/h1-7H,(H2,18,22). The average molecular weight is 306 g/mol. The number of nitrogens with zero attached hydrogens (tertiary/aromatic N) is 3. The molecule has 0 spiro atoms. The van der Waals surface area contributed by atoms with Crippen LogP contribution in [0.2, 0.25) is 0 Å². The fourth-order valence-corrected chi connectivity index (χ4v) is 2.00. The second kappa shape index (κ2) is 4.83. The number of fused-ring (bicyclic) bond motifs is 1. The van der Waals surface area contributed by atoms with E-state index in [9.17, 15) is 18.0 Å². The van der Waals surface area contributed by atoms with Gasteiger partial charge in [0.1, 0.15) is 5.69 Å². The highest BCUT2D eigenvalue weighted by Gasteiger charge is 2.30. The van der Waals surface area contributed by atoms with E-state index in [-0.39, 0.29) is 5.69 Å². The van der Waals surface area contributed by atoms with Crippen LogP contribution in [0.4, 0.5) is 13.2 Å². The molecule has 22 heavy (non-hydrogen) atoms. The van der Waals surface area contributed by atoms with Crippen molar-refractivity contribution in [2.45, 2.75) is 6.18 Å². The molecule has 8 heteroatoms. The molecule has 0 aliphatic rings. The maximum absolute atomic E-state index is 12.5. The molecule has 0 atom stereocenters. The van der Waals surface area contributed by atoms with Gasteiger partial charge >= 0.3 is 6.18 Å². The lowest BCUT2D eigenvalue weighted by Crippen LogP contribution is -2.13. The number of amides is 1. The molecule has 0 radical (unpaired) electrons. The summed E-state index contributed by atoms with van der Waals surface area (Å²) in [4.78, 5) is 19.2. The number of carbonyl (C=O) groups is 1. The smallest absolute Gasteiger partial charge is 0.364 e. The Morgan fingerprint density at radius 1 is 1.14 bits per heavy atom. The molecule has 3 aromatic rings. The van der Waals surface area contributed by atoms with Crippen molar-refractivity contribution in [3.05, 3.63) is 54.1 Å². The molecule has 3 rings (SSSR count). The van der Waals surface area contributed by atoms with Crippen LogP contribution in [-0.2, 0) is 6.18 Å². The minimum atomic E-state index is -4.38. The lowest BCUT2D eigenvalue weighted by molar-refractivity contribution is -0.137. The minimum absolute atomic E-state index is 0.0730. The van der Waals surface area contributed by atoms with Gasteiger partial charge in [0.05, 0.1) is 17.5 Å². The van der Waals surface area contributed by atoms with Crippen LogP contribution in [0.3, 0.4) is 0 Å². The molecule has 2 N–H and O–H groups in total. The van der Waals surface area contributed by atoms with Crippen LogP contribution < -0.4 is 5.73 Å². The number of rotatable bonds is 2. The molecule has 0 aliphatic carbocycles. The maximum atomic E-state index is 12.5. The van der Waals surface area contributed by atoms with Gasteiger partial charge in [-0.3, -0.25) is 4.79 Å². The van der Waals surface area contributed by atoms with Gasteiger partial charge in [-0.05, 0) is 12.1 Å². The van der Waals surface area contributed by atoms with Crippen LogP contribution in [0.1, 0.15) is 16.1 Å². The van der Waals surface area contributed by atoms with E-state index in [1.54, 1.807) is 10.6 Å². The van der Waals surface area contributed by atoms with Crippen LogP contribution in [0.25, 0.3) is 16.9 Å². The maximum Gasteiger partial charge on any atom is 0.416 e. The fraction of sp³-hybridized carbons (Fsp3) is 0.0714. The summed E-state index contributed by atoms with van der Waals surface area (Å²) in [5.74, 6) is -0.674. The number of imidazole rings is 1. The van der Waals surface area contributed by atoms with Crippen molar-refractivity contribution in [2.75, 3.05) is 0 Å². The highest BCUT2D eigenvalue weighted by atomic mass is 19.4. The van der Waals surface area contributed by atoms with E-state index >= 15 is 0 Å². The van der Waals surface area contributed by atoms with Gasteiger partial charge in [-0.25, -0.2) is 9.97 Å². The van der Waals surface area contributed by atoms with Crippen molar-refractivity contribution >= 4 is 11.6 Å². The zero-order valence-electron chi connectivity index (χ0n) is 11.0. The summed E-state index contributed by atoms with van der Waals surface area (Å²) in [5, 5.41) is 0. The Labute approximate surface area is 122 Å². The van der Waals surface area contributed by atoms with E-state index in [0.29, 0.717) is 16.9 Å². The van der Waals surface area contributed by atoms with E-state index in [4.69, 9.17) is 5.73 Å². The van der Waals surface area contributed by atoms with Crippen LogP contribution >= 0.6 is 0 Å². The lowest BCUT2D eigenvalue weighted by atomic mass is 10.1. The van der Waals surface area contributed by atoms with Crippen molar-refractivity contribution in [3.8, 4) is 11.3 Å². The summed E-state index contributed by atoms with van der Waals surface area (Å²) in [6.07, 6.45) is -0.00424. The fourth-order valence-electron chi connectivity index (χ4n) is 2.00. The first-order chi connectivity index (χ1) is 10.3. The van der Waals surface area contributed by atoms with Gasteiger partial charge in [0.15, 0.2) is 5.65 Å². The summed E-state index contributed by atoms with van der Waals surface area (Å²) in [5.41, 5.74) is 5.94. The van der Waals surface area contributed by atoms with Crippen LogP contribution in [0, 0.1) is 0 Å². The van der Waals surface area contributed by atoms with Gasteiger partial charge in [-0.1, -0.05) is 12.1 Å². The Morgan fingerprint density at radius 2 is 1.82 bits per heavy atom. The highest BCUT2D eigenvalue weighted by Crippen LogP contribution is 2.30. The number of primary amides is 1. The van der Waals surface area contributed by atoms with E-state index in [0.717, 1.165) is 12.1 Å². The van der Waals surface area contributed by atoms with Crippen molar-refractivity contribution in [1.82, 2.24) is 14.4 Å². The third kappa shape index (κ3) is 2.50. The van der Waals surface area contributed by atoms with E-state index in [1.165, 1.54) is 24.5 Å². The predicted octanol–water partition coefficient (Wildman–Crippen LogP) is 2.51. The normalized spacial score (nSPS) is 11.8. The Morgan fingerprint density at radius 3 is 2.41 bits per heavy atom. The van der Waals surface area contributed by atoms with Crippen molar-refractivity contribution in [3.63, 3.8) is 0 Å². The van der Waals surface area contributed by atoms with Crippen molar-refractivity contribution in [1.29, 1.82) is 0 Å².